The average Bonchev–Trinajstić information content (AvgIpc) is 2.50. The zero-order valence-electron chi connectivity index (χ0n) is 6.76. The second-order valence-electron chi connectivity index (χ2n) is 2.38. The Morgan fingerprint density at radius 2 is 2.45 bits per heavy atom. The van der Waals surface area contributed by atoms with Crippen molar-refractivity contribution in [3.63, 3.8) is 0 Å². The number of rotatable bonds is 2. The van der Waals surface area contributed by atoms with E-state index in [4.69, 9.17) is 4.42 Å². The molecule has 0 atom stereocenters. The van der Waals surface area contributed by atoms with Crippen LogP contribution in [0.2, 0.25) is 0 Å². The van der Waals surface area contributed by atoms with Gasteiger partial charge in [-0.1, -0.05) is 19.3 Å². The van der Waals surface area contributed by atoms with Gasteiger partial charge in [-0.15, -0.1) is 0 Å². The van der Waals surface area contributed by atoms with Gasteiger partial charge in [0.1, 0.15) is 0 Å². The standard InChI is InChI=1S/C10H12O/c1-2-3-4-5-7-10-8-6-9-11-10/h6,8-9H,2-4H2,1H3. The highest BCUT2D eigenvalue weighted by atomic mass is 16.3. The predicted molar refractivity (Wildman–Crippen MR) is 45.1 cm³/mol. The lowest BCUT2D eigenvalue weighted by Crippen LogP contribution is -1.68. The molecule has 0 unspecified atom stereocenters. The molecule has 58 valence electrons. The molecule has 1 aromatic rings. The molecule has 0 saturated carbocycles. The van der Waals surface area contributed by atoms with E-state index in [1.54, 1.807) is 6.26 Å². The van der Waals surface area contributed by atoms with E-state index in [2.05, 4.69) is 18.8 Å². The molecule has 1 aromatic heterocycles. The number of hydrogen-bond donors (Lipinski definition) is 0. The van der Waals surface area contributed by atoms with Gasteiger partial charge in [-0.3, -0.25) is 0 Å². The van der Waals surface area contributed by atoms with Crippen LogP contribution in [0.5, 0.6) is 0 Å². The monoisotopic (exact) mass is 148 g/mol. The Morgan fingerprint density at radius 3 is 3.09 bits per heavy atom. The van der Waals surface area contributed by atoms with Crippen LogP contribution in [0.1, 0.15) is 31.9 Å². The Balaban J connectivity index is 2.33. The second kappa shape index (κ2) is 4.62. The maximum absolute atomic E-state index is 5.04. The summed E-state index contributed by atoms with van der Waals surface area (Å²) < 4.78 is 5.04. The summed E-state index contributed by atoms with van der Waals surface area (Å²) in [5, 5.41) is 0. The molecular weight excluding hydrogens is 136 g/mol. The first kappa shape index (κ1) is 7.94. The van der Waals surface area contributed by atoms with Crippen molar-refractivity contribution in [2.75, 3.05) is 0 Å². The van der Waals surface area contributed by atoms with E-state index >= 15 is 0 Å². The molecule has 1 heteroatoms. The minimum absolute atomic E-state index is 0.765. The van der Waals surface area contributed by atoms with Crippen LogP contribution in [0, 0.1) is 11.8 Å². The molecule has 11 heavy (non-hydrogen) atoms. The lowest BCUT2D eigenvalue weighted by Gasteiger charge is -1.82. The normalized spacial score (nSPS) is 8.82. The summed E-state index contributed by atoms with van der Waals surface area (Å²) in [5.41, 5.74) is 0. The van der Waals surface area contributed by atoms with Crippen LogP contribution in [-0.4, -0.2) is 0 Å². The number of unbranched alkanes of at least 4 members (excludes halogenated alkanes) is 2. The minimum atomic E-state index is 0.765. The van der Waals surface area contributed by atoms with Gasteiger partial charge >= 0.3 is 0 Å². The van der Waals surface area contributed by atoms with Crippen molar-refractivity contribution >= 4 is 0 Å². The van der Waals surface area contributed by atoms with Crippen LogP contribution in [0.3, 0.4) is 0 Å². The van der Waals surface area contributed by atoms with Gasteiger partial charge in [0.2, 0.25) is 0 Å². The third kappa shape index (κ3) is 2.95. The van der Waals surface area contributed by atoms with Gasteiger partial charge < -0.3 is 4.42 Å². The third-order valence-electron chi connectivity index (χ3n) is 1.39. The van der Waals surface area contributed by atoms with Crippen molar-refractivity contribution < 1.29 is 4.42 Å². The Kier molecular flexibility index (Phi) is 3.34. The quantitative estimate of drug-likeness (QED) is 0.464. The number of furan rings is 1. The fraction of sp³-hybridized carbons (Fsp3) is 0.400. The third-order valence-corrected chi connectivity index (χ3v) is 1.39. The summed E-state index contributed by atoms with van der Waals surface area (Å²) in [6.07, 6.45) is 4.99. The maximum atomic E-state index is 5.04. The first-order valence-electron chi connectivity index (χ1n) is 3.96. The zero-order valence-corrected chi connectivity index (χ0v) is 6.76. The second-order valence-corrected chi connectivity index (χ2v) is 2.38. The van der Waals surface area contributed by atoms with E-state index in [1.807, 2.05) is 12.1 Å². The summed E-state index contributed by atoms with van der Waals surface area (Å²) in [7, 11) is 0. The van der Waals surface area contributed by atoms with Crippen molar-refractivity contribution in [2.45, 2.75) is 26.2 Å². The lowest BCUT2D eigenvalue weighted by atomic mass is 10.2. The van der Waals surface area contributed by atoms with Crippen molar-refractivity contribution in [3.8, 4) is 11.8 Å². The molecule has 1 nitrogen and oxygen atoms in total. The SMILES string of the molecule is CCCCC#Cc1ccco1. The largest absolute Gasteiger partial charge is 0.456 e. The van der Waals surface area contributed by atoms with Gasteiger partial charge in [-0.25, -0.2) is 0 Å². The molecule has 0 spiro atoms. The van der Waals surface area contributed by atoms with Gasteiger partial charge in [-0.05, 0) is 24.5 Å². The van der Waals surface area contributed by atoms with Crippen LogP contribution in [0.25, 0.3) is 0 Å². The molecule has 0 aliphatic heterocycles. The van der Waals surface area contributed by atoms with E-state index in [0.717, 1.165) is 12.2 Å². The molecule has 0 aliphatic carbocycles. The Morgan fingerprint density at radius 1 is 1.55 bits per heavy atom. The molecule has 0 radical (unpaired) electrons. The Hall–Kier alpha value is -1.16. The fourth-order valence-electron chi connectivity index (χ4n) is 0.764. The topological polar surface area (TPSA) is 13.1 Å². The highest BCUT2D eigenvalue weighted by molar-refractivity contribution is 5.23. The van der Waals surface area contributed by atoms with Crippen molar-refractivity contribution in [1.82, 2.24) is 0 Å². The van der Waals surface area contributed by atoms with Crippen LogP contribution in [0.4, 0.5) is 0 Å². The average molecular weight is 148 g/mol. The van der Waals surface area contributed by atoms with E-state index in [0.29, 0.717) is 0 Å². The fourth-order valence-corrected chi connectivity index (χ4v) is 0.764. The molecular formula is C10H12O. The summed E-state index contributed by atoms with van der Waals surface area (Å²) >= 11 is 0. The summed E-state index contributed by atoms with van der Waals surface area (Å²) in [6.45, 7) is 2.16. The van der Waals surface area contributed by atoms with Crippen molar-refractivity contribution in [2.24, 2.45) is 0 Å². The van der Waals surface area contributed by atoms with Gasteiger partial charge in [-0.2, -0.15) is 0 Å². The minimum Gasteiger partial charge on any atom is -0.456 e. The van der Waals surface area contributed by atoms with E-state index in [-0.39, 0.29) is 0 Å². The first-order valence-corrected chi connectivity index (χ1v) is 3.96. The molecule has 0 bridgehead atoms. The molecule has 0 aliphatic rings. The summed E-state index contributed by atoms with van der Waals surface area (Å²) in [4.78, 5) is 0. The van der Waals surface area contributed by atoms with Crippen LogP contribution < -0.4 is 0 Å². The lowest BCUT2D eigenvalue weighted by molar-refractivity contribution is 0.554. The van der Waals surface area contributed by atoms with Gasteiger partial charge in [0.05, 0.1) is 6.26 Å². The Labute approximate surface area is 67.4 Å². The van der Waals surface area contributed by atoms with Crippen LogP contribution in [0.15, 0.2) is 22.8 Å². The van der Waals surface area contributed by atoms with E-state index in [9.17, 15) is 0 Å². The van der Waals surface area contributed by atoms with Gasteiger partial charge in [0, 0.05) is 6.42 Å². The maximum Gasteiger partial charge on any atom is 0.176 e. The highest BCUT2D eigenvalue weighted by Gasteiger charge is 1.84. The highest BCUT2D eigenvalue weighted by Crippen LogP contribution is 1.97. The summed E-state index contributed by atoms with van der Waals surface area (Å²) in [5.74, 6) is 6.75. The van der Waals surface area contributed by atoms with Crippen LogP contribution in [-0.2, 0) is 0 Å². The molecule has 1 heterocycles. The molecule has 0 fully saturated rings. The first-order chi connectivity index (χ1) is 5.43. The smallest absolute Gasteiger partial charge is 0.176 e. The molecule has 0 N–H and O–H groups in total. The molecule has 0 aromatic carbocycles. The zero-order chi connectivity index (χ0) is 7.94. The van der Waals surface area contributed by atoms with Crippen molar-refractivity contribution in [1.29, 1.82) is 0 Å². The van der Waals surface area contributed by atoms with E-state index in [1.165, 1.54) is 12.8 Å². The van der Waals surface area contributed by atoms with Gasteiger partial charge in [0.25, 0.3) is 0 Å². The van der Waals surface area contributed by atoms with Crippen molar-refractivity contribution in [3.05, 3.63) is 24.2 Å². The van der Waals surface area contributed by atoms with Gasteiger partial charge in [0.15, 0.2) is 5.76 Å². The molecule has 0 saturated heterocycles. The molecule has 1 rings (SSSR count). The Bertz CT molecular complexity index is 236. The number of hydrogen-bond acceptors (Lipinski definition) is 1. The molecule has 0 amide bonds. The predicted octanol–water partition coefficient (Wildman–Crippen LogP) is 2.82. The van der Waals surface area contributed by atoms with Crippen LogP contribution >= 0.6 is 0 Å². The summed E-state index contributed by atoms with van der Waals surface area (Å²) in [6, 6.07) is 3.72. The van der Waals surface area contributed by atoms with E-state index < -0.39 is 0 Å².